The largest absolute Gasteiger partial charge is 0.392 e. The molecule has 0 aliphatic carbocycles. The molecule has 1 aliphatic heterocycles. The van der Waals surface area contributed by atoms with Crippen molar-refractivity contribution in [2.45, 2.75) is 31.6 Å². The van der Waals surface area contributed by atoms with Crippen molar-refractivity contribution in [2.75, 3.05) is 13.1 Å². The molecule has 0 radical (unpaired) electrons. The summed E-state index contributed by atoms with van der Waals surface area (Å²) in [5.41, 5.74) is 1.58. The van der Waals surface area contributed by atoms with Crippen molar-refractivity contribution in [3.63, 3.8) is 0 Å². The number of aliphatic hydroxyl groups excluding tert-OH is 1. The lowest BCUT2D eigenvalue weighted by atomic mass is 10.2. The fourth-order valence-corrected chi connectivity index (χ4v) is 3.80. The van der Waals surface area contributed by atoms with Crippen molar-refractivity contribution in [1.82, 2.24) is 4.31 Å². The normalized spacial score (nSPS) is 17.8. The second kappa shape index (κ2) is 5.82. The molecular formula is C13H19NO3S. The van der Waals surface area contributed by atoms with Crippen LogP contribution in [0.5, 0.6) is 0 Å². The molecule has 2 rings (SSSR count). The van der Waals surface area contributed by atoms with Gasteiger partial charge in [-0.2, -0.15) is 0 Å². The number of nitrogens with zero attached hydrogens (tertiary/aromatic N) is 1. The Balaban J connectivity index is 2.06. The molecule has 0 saturated carbocycles. The first-order chi connectivity index (χ1) is 8.62. The Kier molecular flexibility index (Phi) is 4.37. The minimum absolute atomic E-state index is 0.0147. The minimum Gasteiger partial charge on any atom is -0.392 e. The summed E-state index contributed by atoms with van der Waals surface area (Å²) in [7, 11) is -3.19. The number of piperidine rings is 1. The third-order valence-electron chi connectivity index (χ3n) is 3.26. The van der Waals surface area contributed by atoms with Crippen molar-refractivity contribution in [1.29, 1.82) is 0 Å². The van der Waals surface area contributed by atoms with Gasteiger partial charge in [-0.25, -0.2) is 12.7 Å². The molecule has 4 nitrogen and oxygen atoms in total. The van der Waals surface area contributed by atoms with E-state index in [4.69, 9.17) is 5.11 Å². The lowest BCUT2D eigenvalue weighted by molar-refractivity contribution is 0.282. The van der Waals surface area contributed by atoms with Crippen LogP contribution in [-0.4, -0.2) is 30.9 Å². The van der Waals surface area contributed by atoms with E-state index in [9.17, 15) is 8.42 Å². The van der Waals surface area contributed by atoms with Gasteiger partial charge in [0, 0.05) is 13.1 Å². The number of aliphatic hydroxyl groups is 1. The molecule has 0 unspecified atom stereocenters. The first-order valence-corrected chi connectivity index (χ1v) is 7.89. The van der Waals surface area contributed by atoms with E-state index in [2.05, 4.69) is 0 Å². The molecule has 0 bridgehead atoms. The van der Waals surface area contributed by atoms with Gasteiger partial charge < -0.3 is 5.11 Å². The number of sulfonamides is 1. The Morgan fingerprint density at radius 3 is 2.11 bits per heavy atom. The van der Waals surface area contributed by atoms with Gasteiger partial charge in [-0.05, 0) is 24.0 Å². The van der Waals surface area contributed by atoms with Crippen LogP contribution in [0.25, 0.3) is 0 Å². The van der Waals surface area contributed by atoms with Crippen molar-refractivity contribution >= 4 is 10.0 Å². The maximum atomic E-state index is 12.2. The zero-order chi connectivity index (χ0) is 13.0. The molecule has 1 heterocycles. The zero-order valence-corrected chi connectivity index (χ0v) is 11.2. The van der Waals surface area contributed by atoms with Gasteiger partial charge in [0.05, 0.1) is 12.4 Å². The monoisotopic (exact) mass is 269 g/mol. The first-order valence-electron chi connectivity index (χ1n) is 6.28. The molecule has 100 valence electrons. The standard InChI is InChI=1S/C13H19NO3S/c15-10-12-4-6-13(7-5-12)11-18(16,17)14-8-2-1-3-9-14/h4-7,15H,1-3,8-11H2. The Labute approximate surface area is 108 Å². The van der Waals surface area contributed by atoms with E-state index in [1.807, 2.05) is 0 Å². The predicted molar refractivity (Wildman–Crippen MR) is 70.4 cm³/mol. The Morgan fingerprint density at radius 2 is 1.56 bits per heavy atom. The number of rotatable bonds is 4. The molecular weight excluding hydrogens is 250 g/mol. The van der Waals surface area contributed by atoms with Crippen LogP contribution in [0.1, 0.15) is 30.4 Å². The van der Waals surface area contributed by atoms with Crippen LogP contribution in [0.3, 0.4) is 0 Å². The molecule has 1 N–H and O–H groups in total. The summed E-state index contributed by atoms with van der Waals surface area (Å²) >= 11 is 0. The predicted octanol–water partition coefficient (Wildman–Crippen LogP) is 1.49. The third-order valence-corrected chi connectivity index (χ3v) is 5.11. The third kappa shape index (κ3) is 3.31. The fraction of sp³-hybridized carbons (Fsp3) is 0.538. The summed E-state index contributed by atoms with van der Waals surface area (Å²) in [4.78, 5) is 0. The quantitative estimate of drug-likeness (QED) is 0.901. The summed E-state index contributed by atoms with van der Waals surface area (Å²) in [5, 5.41) is 8.94. The highest BCUT2D eigenvalue weighted by Crippen LogP contribution is 2.17. The van der Waals surface area contributed by atoms with E-state index in [1.165, 1.54) is 0 Å². The number of benzene rings is 1. The van der Waals surface area contributed by atoms with Gasteiger partial charge in [0.2, 0.25) is 10.0 Å². The Hall–Kier alpha value is -0.910. The van der Waals surface area contributed by atoms with Gasteiger partial charge in [-0.15, -0.1) is 0 Å². The topological polar surface area (TPSA) is 57.6 Å². The van der Waals surface area contributed by atoms with E-state index in [1.54, 1.807) is 28.6 Å². The van der Waals surface area contributed by atoms with Crippen LogP contribution >= 0.6 is 0 Å². The van der Waals surface area contributed by atoms with Crippen LogP contribution in [0.15, 0.2) is 24.3 Å². The lowest BCUT2D eigenvalue weighted by Gasteiger charge is -2.25. The van der Waals surface area contributed by atoms with Gasteiger partial charge in [-0.3, -0.25) is 0 Å². The molecule has 1 aromatic carbocycles. The highest BCUT2D eigenvalue weighted by molar-refractivity contribution is 7.88. The summed E-state index contributed by atoms with van der Waals surface area (Å²) in [5.74, 6) is 0.0543. The van der Waals surface area contributed by atoms with Crippen molar-refractivity contribution in [2.24, 2.45) is 0 Å². The second-order valence-corrected chi connectivity index (χ2v) is 6.66. The molecule has 5 heteroatoms. The lowest BCUT2D eigenvalue weighted by Crippen LogP contribution is -2.36. The van der Waals surface area contributed by atoms with Gasteiger partial charge in [0.1, 0.15) is 0 Å². The van der Waals surface area contributed by atoms with E-state index in [-0.39, 0.29) is 12.4 Å². The minimum atomic E-state index is -3.19. The molecule has 0 aromatic heterocycles. The maximum absolute atomic E-state index is 12.2. The molecule has 18 heavy (non-hydrogen) atoms. The van der Waals surface area contributed by atoms with E-state index >= 15 is 0 Å². The van der Waals surface area contributed by atoms with Gasteiger partial charge in [-0.1, -0.05) is 30.7 Å². The van der Waals surface area contributed by atoms with Crippen LogP contribution in [-0.2, 0) is 22.4 Å². The molecule has 1 aromatic rings. The van der Waals surface area contributed by atoms with Gasteiger partial charge in [0.15, 0.2) is 0 Å². The second-order valence-electron chi connectivity index (χ2n) is 4.69. The van der Waals surface area contributed by atoms with Crippen molar-refractivity contribution in [3.8, 4) is 0 Å². The van der Waals surface area contributed by atoms with Gasteiger partial charge >= 0.3 is 0 Å². The van der Waals surface area contributed by atoms with E-state index in [0.29, 0.717) is 13.1 Å². The zero-order valence-electron chi connectivity index (χ0n) is 10.4. The summed E-state index contributed by atoms with van der Waals surface area (Å²) in [6.07, 6.45) is 3.04. The van der Waals surface area contributed by atoms with E-state index < -0.39 is 10.0 Å². The highest BCUT2D eigenvalue weighted by Gasteiger charge is 2.23. The first kappa shape index (κ1) is 13.5. The molecule has 1 aliphatic rings. The van der Waals surface area contributed by atoms with Crippen LogP contribution in [0.4, 0.5) is 0 Å². The van der Waals surface area contributed by atoms with Crippen molar-refractivity contribution < 1.29 is 13.5 Å². The maximum Gasteiger partial charge on any atom is 0.218 e. The summed E-state index contributed by atoms with van der Waals surface area (Å²) in [6, 6.07) is 7.07. The van der Waals surface area contributed by atoms with Crippen LogP contribution < -0.4 is 0 Å². The van der Waals surface area contributed by atoms with Crippen LogP contribution in [0.2, 0.25) is 0 Å². The Bertz CT molecular complexity index is 475. The molecule has 1 saturated heterocycles. The molecule has 0 amide bonds. The smallest absolute Gasteiger partial charge is 0.218 e. The highest BCUT2D eigenvalue weighted by atomic mass is 32.2. The SMILES string of the molecule is O=S(=O)(Cc1ccc(CO)cc1)N1CCCCC1. The van der Waals surface area contributed by atoms with Crippen LogP contribution in [0, 0.1) is 0 Å². The van der Waals surface area contributed by atoms with Gasteiger partial charge in [0.25, 0.3) is 0 Å². The van der Waals surface area contributed by atoms with Crippen molar-refractivity contribution in [3.05, 3.63) is 35.4 Å². The number of hydrogen-bond donors (Lipinski definition) is 1. The number of hydrogen-bond acceptors (Lipinski definition) is 3. The van der Waals surface area contributed by atoms with E-state index in [0.717, 1.165) is 30.4 Å². The molecule has 0 spiro atoms. The summed E-state index contributed by atoms with van der Waals surface area (Å²) < 4.78 is 26.0. The average Bonchev–Trinajstić information content (AvgIpc) is 2.40. The fourth-order valence-electron chi connectivity index (χ4n) is 2.19. The summed E-state index contributed by atoms with van der Waals surface area (Å²) in [6.45, 7) is 1.28. The average molecular weight is 269 g/mol. The molecule has 0 atom stereocenters. The molecule has 1 fully saturated rings. The Morgan fingerprint density at radius 1 is 1.00 bits per heavy atom.